The molecule has 0 amide bonds. The van der Waals surface area contributed by atoms with E-state index in [-0.39, 0.29) is 5.75 Å². The van der Waals surface area contributed by atoms with Gasteiger partial charge in [-0.1, -0.05) is 6.92 Å². The van der Waals surface area contributed by atoms with Gasteiger partial charge in [-0.05, 0) is 13.3 Å². The van der Waals surface area contributed by atoms with Gasteiger partial charge < -0.3 is 4.90 Å². The normalized spacial score (nSPS) is 17.3. The van der Waals surface area contributed by atoms with Gasteiger partial charge >= 0.3 is 0 Å². The number of aromatic nitrogens is 4. The van der Waals surface area contributed by atoms with Crippen molar-refractivity contribution in [3.05, 3.63) is 18.1 Å². The summed E-state index contributed by atoms with van der Waals surface area (Å²) in [6, 6.07) is 1.96. The van der Waals surface area contributed by atoms with Gasteiger partial charge in [0.1, 0.15) is 12.1 Å². The molecule has 8 nitrogen and oxygen atoms in total. The third kappa shape index (κ3) is 2.78. The van der Waals surface area contributed by atoms with Crippen LogP contribution in [0.25, 0.3) is 5.78 Å². The van der Waals surface area contributed by atoms with E-state index in [0.29, 0.717) is 38.4 Å². The number of hydrogen-bond acceptors (Lipinski definition) is 6. The molecule has 120 valence electrons. The summed E-state index contributed by atoms with van der Waals surface area (Å²) in [6.45, 7) is 6.08. The minimum absolute atomic E-state index is 0.217. The zero-order valence-corrected chi connectivity index (χ0v) is 13.6. The molecule has 0 aromatic carbocycles. The van der Waals surface area contributed by atoms with Crippen molar-refractivity contribution in [2.24, 2.45) is 0 Å². The first kappa shape index (κ1) is 15.2. The van der Waals surface area contributed by atoms with Crippen LogP contribution in [-0.2, 0) is 10.0 Å². The SMILES string of the molecule is CCCS(=O)(=O)N1CCN(c2cc(C)nc3ncnn23)CC1. The van der Waals surface area contributed by atoms with E-state index in [1.165, 1.54) is 6.33 Å². The van der Waals surface area contributed by atoms with Gasteiger partial charge in [0.15, 0.2) is 0 Å². The van der Waals surface area contributed by atoms with E-state index in [0.717, 1.165) is 11.5 Å². The van der Waals surface area contributed by atoms with E-state index < -0.39 is 10.0 Å². The predicted molar refractivity (Wildman–Crippen MR) is 83.4 cm³/mol. The lowest BCUT2D eigenvalue weighted by atomic mass is 10.3. The zero-order valence-electron chi connectivity index (χ0n) is 12.8. The summed E-state index contributed by atoms with van der Waals surface area (Å²) in [5.74, 6) is 1.69. The van der Waals surface area contributed by atoms with Crippen LogP contribution in [0.4, 0.5) is 5.82 Å². The molecule has 3 rings (SSSR count). The van der Waals surface area contributed by atoms with Crippen LogP contribution in [0.5, 0.6) is 0 Å². The number of hydrogen-bond donors (Lipinski definition) is 0. The van der Waals surface area contributed by atoms with E-state index in [2.05, 4.69) is 20.0 Å². The van der Waals surface area contributed by atoms with Gasteiger partial charge in [-0.15, -0.1) is 0 Å². The molecule has 2 aromatic heterocycles. The molecule has 0 atom stereocenters. The van der Waals surface area contributed by atoms with Crippen molar-refractivity contribution in [2.75, 3.05) is 36.8 Å². The van der Waals surface area contributed by atoms with Crippen molar-refractivity contribution >= 4 is 21.6 Å². The molecule has 0 spiro atoms. The highest BCUT2D eigenvalue weighted by atomic mass is 32.2. The lowest BCUT2D eigenvalue weighted by Gasteiger charge is -2.35. The highest BCUT2D eigenvalue weighted by molar-refractivity contribution is 7.89. The Morgan fingerprint density at radius 3 is 2.64 bits per heavy atom. The molecule has 1 aliphatic heterocycles. The first-order chi connectivity index (χ1) is 10.5. The minimum atomic E-state index is -3.12. The van der Waals surface area contributed by atoms with Crippen LogP contribution in [0.15, 0.2) is 12.4 Å². The van der Waals surface area contributed by atoms with E-state index in [1.54, 1.807) is 8.82 Å². The third-order valence-electron chi connectivity index (χ3n) is 3.78. The van der Waals surface area contributed by atoms with Gasteiger partial charge in [-0.2, -0.15) is 18.9 Å². The van der Waals surface area contributed by atoms with Crippen LogP contribution in [0.1, 0.15) is 19.0 Å². The van der Waals surface area contributed by atoms with Crippen LogP contribution < -0.4 is 4.90 Å². The summed E-state index contributed by atoms with van der Waals surface area (Å²) < 4.78 is 27.5. The van der Waals surface area contributed by atoms with Gasteiger partial charge in [0.25, 0.3) is 5.78 Å². The van der Waals surface area contributed by atoms with Gasteiger partial charge in [0.2, 0.25) is 10.0 Å². The van der Waals surface area contributed by atoms with Gasteiger partial charge in [0.05, 0.1) is 5.75 Å². The fourth-order valence-electron chi connectivity index (χ4n) is 2.72. The van der Waals surface area contributed by atoms with Gasteiger partial charge in [-0.25, -0.2) is 13.4 Å². The largest absolute Gasteiger partial charge is 0.354 e. The summed E-state index contributed by atoms with van der Waals surface area (Å²) in [6.07, 6.45) is 2.12. The second-order valence-corrected chi connectivity index (χ2v) is 7.52. The second-order valence-electron chi connectivity index (χ2n) is 5.43. The Hall–Kier alpha value is -1.74. The molecule has 0 aliphatic carbocycles. The molecule has 3 heterocycles. The summed E-state index contributed by atoms with van der Waals surface area (Å²) >= 11 is 0. The molecule has 0 radical (unpaired) electrons. The molecule has 0 N–H and O–H groups in total. The van der Waals surface area contributed by atoms with Crippen LogP contribution in [-0.4, -0.2) is 64.2 Å². The Balaban J connectivity index is 1.80. The van der Waals surface area contributed by atoms with E-state index in [9.17, 15) is 8.42 Å². The smallest absolute Gasteiger partial charge is 0.254 e. The fourth-order valence-corrected chi connectivity index (χ4v) is 4.21. The van der Waals surface area contributed by atoms with Crippen molar-refractivity contribution in [1.29, 1.82) is 0 Å². The molecular weight excluding hydrogens is 304 g/mol. The molecule has 1 saturated heterocycles. The van der Waals surface area contributed by atoms with Crippen molar-refractivity contribution < 1.29 is 8.42 Å². The molecule has 0 saturated carbocycles. The second kappa shape index (κ2) is 5.81. The van der Waals surface area contributed by atoms with Crippen LogP contribution in [0.2, 0.25) is 0 Å². The molecule has 9 heteroatoms. The topological polar surface area (TPSA) is 83.7 Å². The van der Waals surface area contributed by atoms with Gasteiger partial charge in [-0.3, -0.25) is 0 Å². The summed E-state index contributed by atoms with van der Waals surface area (Å²) in [4.78, 5) is 10.6. The Labute approximate surface area is 129 Å². The lowest BCUT2D eigenvalue weighted by Crippen LogP contribution is -2.49. The van der Waals surface area contributed by atoms with E-state index in [4.69, 9.17) is 0 Å². The Morgan fingerprint density at radius 1 is 1.23 bits per heavy atom. The number of fused-ring (bicyclic) bond motifs is 1. The van der Waals surface area contributed by atoms with Crippen LogP contribution >= 0.6 is 0 Å². The number of aryl methyl sites for hydroxylation is 1. The quantitative estimate of drug-likeness (QED) is 0.804. The maximum atomic E-state index is 12.1. The molecule has 1 fully saturated rings. The maximum absolute atomic E-state index is 12.1. The summed E-state index contributed by atoms with van der Waals surface area (Å²) in [5.41, 5.74) is 0.872. The number of sulfonamides is 1. The first-order valence-corrected chi connectivity index (χ1v) is 9.02. The minimum Gasteiger partial charge on any atom is -0.354 e. The third-order valence-corrected chi connectivity index (χ3v) is 5.86. The molecular formula is C13H20N6O2S. The highest BCUT2D eigenvalue weighted by Crippen LogP contribution is 2.19. The number of piperazine rings is 1. The van der Waals surface area contributed by atoms with Crippen LogP contribution in [0.3, 0.4) is 0 Å². The predicted octanol–water partition coefficient (Wildman–Crippen LogP) is 0.295. The average Bonchev–Trinajstić information content (AvgIpc) is 2.94. The van der Waals surface area contributed by atoms with Crippen molar-refractivity contribution in [1.82, 2.24) is 23.9 Å². The van der Waals surface area contributed by atoms with Crippen molar-refractivity contribution in [3.8, 4) is 0 Å². The average molecular weight is 324 g/mol. The van der Waals surface area contributed by atoms with Gasteiger partial charge in [0, 0.05) is 37.9 Å². The standard InChI is InChI=1S/C13H20N6O2S/c1-3-8-22(20,21)18-6-4-17(5-7-18)12-9-11(2)16-13-14-10-15-19(12)13/h9-10H,3-8H2,1-2H3. The van der Waals surface area contributed by atoms with Crippen LogP contribution in [0, 0.1) is 6.92 Å². The number of anilines is 1. The summed E-state index contributed by atoms with van der Waals surface area (Å²) in [5, 5.41) is 4.20. The Bertz CT molecular complexity index is 764. The zero-order chi connectivity index (χ0) is 15.7. The number of rotatable bonds is 4. The molecule has 0 bridgehead atoms. The van der Waals surface area contributed by atoms with Crippen molar-refractivity contribution in [3.63, 3.8) is 0 Å². The highest BCUT2D eigenvalue weighted by Gasteiger charge is 2.27. The first-order valence-electron chi connectivity index (χ1n) is 7.41. The monoisotopic (exact) mass is 324 g/mol. The molecule has 2 aromatic rings. The lowest BCUT2D eigenvalue weighted by molar-refractivity contribution is 0.382. The molecule has 22 heavy (non-hydrogen) atoms. The van der Waals surface area contributed by atoms with E-state index in [1.807, 2.05) is 19.9 Å². The molecule has 1 aliphatic rings. The number of nitrogens with zero attached hydrogens (tertiary/aromatic N) is 6. The molecule has 0 unspecified atom stereocenters. The van der Waals surface area contributed by atoms with E-state index >= 15 is 0 Å². The maximum Gasteiger partial charge on any atom is 0.254 e. The fraction of sp³-hybridized carbons (Fsp3) is 0.615. The summed E-state index contributed by atoms with van der Waals surface area (Å²) in [7, 11) is -3.12. The Kier molecular flexibility index (Phi) is 4.00. The Morgan fingerprint density at radius 2 is 1.95 bits per heavy atom. The van der Waals surface area contributed by atoms with Crippen molar-refractivity contribution in [2.45, 2.75) is 20.3 Å².